The second-order valence-electron chi connectivity index (χ2n) is 3.29. The number of nitrogens with one attached hydrogen (secondary N) is 1. The average molecular weight is 369 g/mol. The molecule has 0 radical (unpaired) electrons. The van der Waals surface area contributed by atoms with E-state index in [0.717, 1.165) is 9.48 Å². The monoisotopic (exact) mass is 367 g/mol. The number of nitrogens with zero attached hydrogens (tertiary/aromatic N) is 2. The van der Waals surface area contributed by atoms with E-state index in [1.54, 1.807) is 12.1 Å². The Morgan fingerprint density at radius 1 is 1.33 bits per heavy atom. The molecule has 0 fully saturated rings. The Kier molecular flexibility index (Phi) is 4.80. The second kappa shape index (κ2) is 6.16. The molecule has 0 amide bonds. The Labute approximate surface area is 126 Å². The van der Waals surface area contributed by atoms with Gasteiger partial charge in [0.15, 0.2) is 5.75 Å². The summed E-state index contributed by atoms with van der Waals surface area (Å²) in [4.78, 5) is 0. The quantitative estimate of drug-likeness (QED) is 0.824. The topological polar surface area (TPSA) is 47.0 Å². The predicted molar refractivity (Wildman–Crippen MR) is 76.9 cm³/mol. The van der Waals surface area contributed by atoms with Crippen LogP contribution in [0.15, 0.2) is 16.6 Å². The number of rotatable bonds is 4. The highest BCUT2D eigenvalue weighted by molar-refractivity contribution is 9.10. The van der Waals surface area contributed by atoms with E-state index in [2.05, 4.69) is 31.4 Å². The van der Waals surface area contributed by atoms with E-state index in [-0.39, 0.29) is 0 Å². The molecule has 0 aliphatic carbocycles. The van der Waals surface area contributed by atoms with Gasteiger partial charge in [-0.15, -0.1) is 5.10 Å². The standard InChI is InChI=1S/C10H8BrCl2N3OS/c1-14-4-9-15-16-10(18-9)17-8-3-6(12)5(11)2-7(8)13/h2-3,14H,4H2,1H3. The smallest absolute Gasteiger partial charge is 0.299 e. The summed E-state index contributed by atoms with van der Waals surface area (Å²) >= 11 is 16.7. The summed E-state index contributed by atoms with van der Waals surface area (Å²) in [7, 11) is 1.84. The van der Waals surface area contributed by atoms with E-state index in [0.29, 0.717) is 27.5 Å². The first-order valence-corrected chi connectivity index (χ1v) is 7.26. The Morgan fingerprint density at radius 2 is 2.11 bits per heavy atom. The fraction of sp³-hybridized carbons (Fsp3) is 0.200. The van der Waals surface area contributed by atoms with Gasteiger partial charge < -0.3 is 10.1 Å². The van der Waals surface area contributed by atoms with E-state index < -0.39 is 0 Å². The van der Waals surface area contributed by atoms with Crippen molar-refractivity contribution in [2.75, 3.05) is 7.05 Å². The van der Waals surface area contributed by atoms with Gasteiger partial charge in [0.1, 0.15) is 5.01 Å². The molecule has 0 atom stereocenters. The van der Waals surface area contributed by atoms with Crippen molar-refractivity contribution in [3.05, 3.63) is 31.7 Å². The molecule has 0 saturated heterocycles. The lowest BCUT2D eigenvalue weighted by molar-refractivity contribution is 0.473. The zero-order chi connectivity index (χ0) is 13.1. The van der Waals surface area contributed by atoms with Crippen molar-refractivity contribution in [3.63, 3.8) is 0 Å². The van der Waals surface area contributed by atoms with Crippen LogP contribution in [0.25, 0.3) is 0 Å². The number of ether oxygens (including phenoxy) is 1. The maximum Gasteiger partial charge on any atom is 0.299 e. The first kappa shape index (κ1) is 14.0. The molecule has 2 aromatic rings. The maximum atomic E-state index is 6.05. The Balaban J connectivity index is 2.20. The van der Waals surface area contributed by atoms with E-state index in [9.17, 15) is 0 Å². The lowest BCUT2D eigenvalue weighted by atomic mass is 10.3. The third-order valence-electron chi connectivity index (χ3n) is 1.95. The molecule has 18 heavy (non-hydrogen) atoms. The van der Waals surface area contributed by atoms with Crippen molar-refractivity contribution in [3.8, 4) is 10.9 Å². The first-order valence-electron chi connectivity index (χ1n) is 4.89. The molecule has 1 N–H and O–H groups in total. The minimum Gasteiger partial charge on any atom is -0.428 e. The molecule has 0 aliphatic heterocycles. The van der Waals surface area contributed by atoms with Gasteiger partial charge in [-0.05, 0) is 29.0 Å². The molecular weight excluding hydrogens is 361 g/mol. The molecule has 8 heteroatoms. The van der Waals surface area contributed by atoms with Crippen LogP contribution < -0.4 is 10.1 Å². The fourth-order valence-corrected chi connectivity index (χ4v) is 2.72. The van der Waals surface area contributed by atoms with Crippen molar-refractivity contribution in [2.45, 2.75) is 6.54 Å². The third-order valence-corrected chi connectivity index (χ3v) is 4.24. The summed E-state index contributed by atoms with van der Waals surface area (Å²) in [6, 6.07) is 3.31. The third kappa shape index (κ3) is 3.33. The highest BCUT2D eigenvalue weighted by Gasteiger charge is 2.11. The van der Waals surface area contributed by atoms with Crippen LogP contribution in [0, 0.1) is 0 Å². The minimum absolute atomic E-state index is 0.431. The highest BCUT2D eigenvalue weighted by atomic mass is 79.9. The summed E-state index contributed by atoms with van der Waals surface area (Å²) in [5.41, 5.74) is 0. The number of aromatic nitrogens is 2. The van der Waals surface area contributed by atoms with E-state index in [4.69, 9.17) is 27.9 Å². The molecule has 2 rings (SSSR count). The molecule has 0 bridgehead atoms. The average Bonchev–Trinajstić information content (AvgIpc) is 2.74. The van der Waals surface area contributed by atoms with Crippen LogP contribution in [0.5, 0.6) is 10.9 Å². The lowest BCUT2D eigenvalue weighted by Crippen LogP contribution is -2.04. The molecule has 0 saturated carbocycles. The first-order chi connectivity index (χ1) is 8.60. The van der Waals surface area contributed by atoms with E-state index in [1.165, 1.54) is 11.3 Å². The second-order valence-corrected chi connectivity index (χ2v) is 5.98. The van der Waals surface area contributed by atoms with Crippen LogP contribution in [0.3, 0.4) is 0 Å². The molecule has 1 heterocycles. The van der Waals surface area contributed by atoms with Gasteiger partial charge in [0.25, 0.3) is 5.19 Å². The van der Waals surface area contributed by atoms with Crippen LogP contribution in [-0.4, -0.2) is 17.2 Å². The van der Waals surface area contributed by atoms with Gasteiger partial charge in [-0.1, -0.05) is 39.6 Å². The normalized spacial score (nSPS) is 10.7. The predicted octanol–water partition coefficient (Wildman–Crippen LogP) is 4.12. The van der Waals surface area contributed by atoms with Crippen LogP contribution in [0.4, 0.5) is 0 Å². The van der Waals surface area contributed by atoms with Crippen molar-refractivity contribution >= 4 is 50.5 Å². The Hall–Kier alpha value is -0.400. The fourth-order valence-electron chi connectivity index (χ4n) is 1.18. The summed E-state index contributed by atoms with van der Waals surface area (Å²) < 4.78 is 6.27. The number of hydrogen-bond acceptors (Lipinski definition) is 5. The van der Waals surface area contributed by atoms with E-state index >= 15 is 0 Å². The van der Waals surface area contributed by atoms with Gasteiger partial charge in [0, 0.05) is 17.1 Å². The van der Waals surface area contributed by atoms with Gasteiger partial charge >= 0.3 is 0 Å². The molecule has 96 valence electrons. The van der Waals surface area contributed by atoms with Crippen molar-refractivity contribution in [1.82, 2.24) is 15.5 Å². The molecular formula is C10H8BrCl2N3OS. The summed E-state index contributed by atoms with van der Waals surface area (Å²) in [6.07, 6.45) is 0. The van der Waals surface area contributed by atoms with Gasteiger partial charge in [0.2, 0.25) is 0 Å². The number of benzene rings is 1. The molecule has 0 spiro atoms. The van der Waals surface area contributed by atoms with Crippen LogP contribution >= 0.6 is 50.5 Å². The van der Waals surface area contributed by atoms with Crippen LogP contribution in [0.1, 0.15) is 5.01 Å². The van der Waals surface area contributed by atoms with Crippen LogP contribution in [0.2, 0.25) is 10.0 Å². The molecule has 1 aromatic heterocycles. The molecule has 0 aliphatic rings. The van der Waals surface area contributed by atoms with Crippen molar-refractivity contribution in [1.29, 1.82) is 0 Å². The zero-order valence-electron chi connectivity index (χ0n) is 9.21. The number of hydrogen-bond donors (Lipinski definition) is 1. The summed E-state index contributed by atoms with van der Waals surface area (Å²) in [5, 5.41) is 13.1. The maximum absolute atomic E-state index is 6.05. The summed E-state index contributed by atoms with van der Waals surface area (Å²) in [5.74, 6) is 0.456. The van der Waals surface area contributed by atoms with E-state index in [1.807, 2.05) is 7.05 Å². The molecule has 1 aromatic carbocycles. The van der Waals surface area contributed by atoms with Gasteiger partial charge in [0.05, 0.1) is 10.0 Å². The van der Waals surface area contributed by atoms with Gasteiger partial charge in [-0.2, -0.15) is 0 Å². The van der Waals surface area contributed by atoms with Crippen molar-refractivity contribution < 1.29 is 4.74 Å². The Morgan fingerprint density at radius 3 is 2.83 bits per heavy atom. The highest BCUT2D eigenvalue weighted by Crippen LogP contribution is 2.37. The molecule has 0 unspecified atom stereocenters. The van der Waals surface area contributed by atoms with Gasteiger partial charge in [-0.25, -0.2) is 0 Å². The SMILES string of the molecule is CNCc1nnc(Oc2cc(Cl)c(Br)cc2Cl)s1. The number of halogens is 3. The lowest BCUT2D eigenvalue weighted by Gasteiger charge is -2.05. The van der Waals surface area contributed by atoms with Crippen LogP contribution in [-0.2, 0) is 6.54 Å². The largest absolute Gasteiger partial charge is 0.428 e. The molecule has 4 nitrogen and oxygen atoms in total. The summed E-state index contributed by atoms with van der Waals surface area (Å²) in [6.45, 7) is 0.649. The zero-order valence-corrected chi connectivity index (χ0v) is 13.1. The minimum atomic E-state index is 0.431. The van der Waals surface area contributed by atoms with Crippen molar-refractivity contribution in [2.24, 2.45) is 0 Å². The van der Waals surface area contributed by atoms with Gasteiger partial charge in [-0.3, -0.25) is 0 Å². The Bertz CT molecular complexity index is 564.